The minimum atomic E-state index is 0.464. The zero-order chi connectivity index (χ0) is 12.2. The molecule has 0 radical (unpaired) electrons. The number of aryl methyl sites for hydroxylation is 1. The Kier molecular flexibility index (Phi) is 2.15. The van der Waals surface area contributed by atoms with Crippen LogP contribution in [0.4, 0.5) is 0 Å². The summed E-state index contributed by atoms with van der Waals surface area (Å²) >= 11 is 0. The van der Waals surface area contributed by atoms with Crippen LogP contribution < -0.4 is 4.74 Å². The summed E-state index contributed by atoms with van der Waals surface area (Å²) in [4.78, 5) is 0. The predicted octanol–water partition coefficient (Wildman–Crippen LogP) is 4.01. The van der Waals surface area contributed by atoms with Gasteiger partial charge in [-0.1, -0.05) is 17.7 Å². The Labute approximate surface area is 109 Å². The van der Waals surface area contributed by atoms with E-state index in [1.165, 1.54) is 38.5 Å². The van der Waals surface area contributed by atoms with E-state index in [0.29, 0.717) is 5.41 Å². The maximum atomic E-state index is 5.45. The number of benzene rings is 1. The van der Waals surface area contributed by atoms with Gasteiger partial charge in [-0.05, 0) is 67.7 Å². The second-order valence-corrected chi connectivity index (χ2v) is 6.21. The van der Waals surface area contributed by atoms with Gasteiger partial charge in [-0.15, -0.1) is 0 Å². The number of fused-ring (bicyclic) bond motifs is 5. The molecule has 3 aliphatic carbocycles. The Morgan fingerprint density at radius 3 is 3.00 bits per heavy atom. The van der Waals surface area contributed by atoms with Gasteiger partial charge < -0.3 is 4.74 Å². The molecule has 94 valence electrons. The molecule has 0 aliphatic heterocycles. The maximum Gasteiger partial charge on any atom is 0.119 e. The fraction of sp³-hybridized carbons (Fsp3) is 0.529. The Bertz CT molecular complexity index is 528. The third-order valence-corrected chi connectivity index (χ3v) is 5.45. The third-order valence-electron chi connectivity index (χ3n) is 5.45. The van der Waals surface area contributed by atoms with Crippen molar-refractivity contribution in [2.45, 2.75) is 43.9 Å². The van der Waals surface area contributed by atoms with Crippen molar-refractivity contribution < 1.29 is 4.74 Å². The minimum absolute atomic E-state index is 0.464. The highest BCUT2D eigenvalue weighted by molar-refractivity contribution is 5.47. The van der Waals surface area contributed by atoms with E-state index < -0.39 is 0 Å². The average Bonchev–Trinajstić information content (AvgIpc) is 3.00. The lowest BCUT2D eigenvalue weighted by molar-refractivity contribution is 0.268. The number of hydrogen-bond donors (Lipinski definition) is 0. The highest BCUT2D eigenvalue weighted by atomic mass is 16.5. The van der Waals surface area contributed by atoms with E-state index in [1.54, 1.807) is 23.8 Å². The lowest BCUT2D eigenvalue weighted by Crippen LogP contribution is -2.35. The maximum absolute atomic E-state index is 5.45. The molecule has 18 heavy (non-hydrogen) atoms. The molecule has 0 heterocycles. The molecule has 2 unspecified atom stereocenters. The lowest BCUT2D eigenvalue weighted by atomic mass is 9.62. The molecule has 1 saturated carbocycles. The number of rotatable bonds is 1. The molecule has 1 nitrogen and oxygen atoms in total. The van der Waals surface area contributed by atoms with Gasteiger partial charge in [0, 0.05) is 5.41 Å². The second kappa shape index (κ2) is 3.63. The van der Waals surface area contributed by atoms with E-state index in [9.17, 15) is 0 Å². The molecular formula is C17H20O. The first-order valence-electron chi connectivity index (χ1n) is 7.17. The molecule has 1 aromatic carbocycles. The molecule has 1 aromatic rings. The molecular weight excluding hydrogens is 220 g/mol. The summed E-state index contributed by atoms with van der Waals surface area (Å²) < 4.78 is 5.45. The Morgan fingerprint density at radius 1 is 1.33 bits per heavy atom. The van der Waals surface area contributed by atoms with Gasteiger partial charge in [0.25, 0.3) is 0 Å². The smallest absolute Gasteiger partial charge is 0.119 e. The molecule has 1 spiro atoms. The van der Waals surface area contributed by atoms with Crippen LogP contribution in [0, 0.1) is 5.92 Å². The van der Waals surface area contributed by atoms with Crippen LogP contribution >= 0.6 is 0 Å². The molecule has 0 N–H and O–H groups in total. The zero-order valence-corrected chi connectivity index (χ0v) is 11.0. The number of methoxy groups -OCH3 is 1. The predicted molar refractivity (Wildman–Crippen MR) is 73.0 cm³/mol. The van der Waals surface area contributed by atoms with Gasteiger partial charge in [0.2, 0.25) is 0 Å². The molecule has 0 aromatic heterocycles. The van der Waals surface area contributed by atoms with Gasteiger partial charge in [-0.25, -0.2) is 0 Å². The summed E-state index contributed by atoms with van der Waals surface area (Å²) in [6.45, 7) is 0. The molecule has 2 atom stereocenters. The summed E-state index contributed by atoms with van der Waals surface area (Å²) in [6, 6.07) is 6.76. The van der Waals surface area contributed by atoms with E-state index >= 15 is 0 Å². The highest BCUT2D eigenvalue weighted by Crippen LogP contribution is 2.58. The SMILES string of the molecule is COc1ccc2c(c1)C1(CCC2)CC2=CCC1C2. The number of allylic oxidation sites excluding steroid dienone is 2. The largest absolute Gasteiger partial charge is 0.497 e. The van der Waals surface area contributed by atoms with Gasteiger partial charge in [0.05, 0.1) is 7.11 Å². The first-order chi connectivity index (χ1) is 8.82. The van der Waals surface area contributed by atoms with Crippen LogP contribution in [0.15, 0.2) is 29.8 Å². The summed E-state index contributed by atoms with van der Waals surface area (Å²) in [5.74, 6) is 1.91. The summed E-state index contributed by atoms with van der Waals surface area (Å²) in [5, 5.41) is 0. The Morgan fingerprint density at radius 2 is 2.28 bits per heavy atom. The van der Waals surface area contributed by atoms with Crippen molar-refractivity contribution in [1.29, 1.82) is 0 Å². The van der Waals surface area contributed by atoms with Crippen molar-refractivity contribution in [1.82, 2.24) is 0 Å². The molecule has 1 fully saturated rings. The zero-order valence-electron chi connectivity index (χ0n) is 11.0. The van der Waals surface area contributed by atoms with Crippen LogP contribution in [0.3, 0.4) is 0 Å². The van der Waals surface area contributed by atoms with Crippen LogP contribution in [0.1, 0.15) is 43.2 Å². The van der Waals surface area contributed by atoms with Gasteiger partial charge in [0.15, 0.2) is 0 Å². The van der Waals surface area contributed by atoms with Gasteiger partial charge in [-0.2, -0.15) is 0 Å². The lowest BCUT2D eigenvalue weighted by Gasteiger charge is -2.41. The monoisotopic (exact) mass is 240 g/mol. The summed E-state index contributed by atoms with van der Waals surface area (Å²) in [6.07, 6.45) is 10.5. The fourth-order valence-electron chi connectivity index (χ4n) is 4.61. The molecule has 3 aliphatic rings. The van der Waals surface area contributed by atoms with Crippen molar-refractivity contribution in [2.75, 3.05) is 7.11 Å². The fourth-order valence-corrected chi connectivity index (χ4v) is 4.61. The van der Waals surface area contributed by atoms with Gasteiger partial charge in [-0.3, -0.25) is 0 Å². The molecule has 4 rings (SSSR count). The van der Waals surface area contributed by atoms with Gasteiger partial charge >= 0.3 is 0 Å². The first-order valence-corrected chi connectivity index (χ1v) is 7.17. The van der Waals surface area contributed by atoms with Crippen molar-refractivity contribution in [3.63, 3.8) is 0 Å². The molecule has 2 bridgehead atoms. The van der Waals surface area contributed by atoms with Crippen molar-refractivity contribution in [3.8, 4) is 5.75 Å². The van der Waals surface area contributed by atoms with Crippen LogP contribution in [0.2, 0.25) is 0 Å². The molecule has 1 heteroatoms. The van der Waals surface area contributed by atoms with Gasteiger partial charge in [0.1, 0.15) is 5.75 Å². The summed E-state index contributed by atoms with van der Waals surface area (Å²) in [5.41, 5.74) is 5.37. The Hall–Kier alpha value is -1.24. The number of ether oxygens (including phenoxy) is 1. The topological polar surface area (TPSA) is 9.23 Å². The first kappa shape index (κ1) is 10.7. The van der Waals surface area contributed by atoms with Crippen LogP contribution in [0.25, 0.3) is 0 Å². The van der Waals surface area contributed by atoms with E-state index in [2.05, 4.69) is 24.3 Å². The average molecular weight is 240 g/mol. The molecule has 0 saturated heterocycles. The van der Waals surface area contributed by atoms with E-state index in [0.717, 1.165) is 11.7 Å². The summed E-state index contributed by atoms with van der Waals surface area (Å²) in [7, 11) is 1.78. The van der Waals surface area contributed by atoms with E-state index in [1.807, 2.05) is 0 Å². The van der Waals surface area contributed by atoms with E-state index in [-0.39, 0.29) is 0 Å². The van der Waals surface area contributed by atoms with E-state index in [4.69, 9.17) is 4.74 Å². The third kappa shape index (κ3) is 1.28. The Balaban J connectivity index is 1.87. The number of hydrogen-bond acceptors (Lipinski definition) is 1. The highest BCUT2D eigenvalue weighted by Gasteiger charge is 2.49. The molecule has 0 amide bonds. The van der Waals surface area contributed by atoms with Crippen LogP contribution in [0.5, 0.6) is 5.75 Å². The van der Waals surface area contributed by atoms with Crippen LogP contribution in [-0.2, 0) is 11.8 Å². The van der Waals surface area contributed by atoms with Crippen molar-refractivity contribution >= 4 is 0 Å². The second-order valence-electron chi connectivity index (χ2n) is 6.21. The minimum Gasteiger partial charge on any atom is -0.497 e. The van der Waals surface area contributed by atoms with Crippen LogP contribution in [-0.4, -0.2) is 7.11 Å². The van der Waals surface area contributed by atoms with Crippen molar-refractivity contribution in [3.05, 3.63) is 41.0 Å². The quantitative estimate of drug-likeness (QED) is 0.674. The van der Waals surface area contributed by atoms with Crippen molar-refractivity contribution in [2.24, 2.45) is 5.92 Å². The standard InChI is InChI=1S/C17H20O/c1-18-15-7-5-13-3-2-8-17(16(13)10-15)11-12-4-6-14(17)9-12/h4-5,7,10,14H,2-3,6,8-9,11H2,1H3. The normalized spacial score (nSPS) is 32.5.